The number of hydrogen-bond acceptors (Lipinski definition) is 7. The molecule has 3 aromatic rings. The van der Waals surface area contributed by atoms with Gasteiger partial charge in [0.2, 0.25) is 5.88 Å². The highest BCUT2D eigenvalue weighted by Crippen LogP contribution is 2.38. The Morgan fingerprint density at radius 3 is 2.48 bits per heavy atom. The van der Waals surface area contributed by atoms with Gasteiger partial charge in [-0.25, -0.2) is 4.98 Å². The summed E-state index contributed by atoms with van der Waals surface area (Å²) < 4.78 is 18.8. The molecule has 1 unspecified atom stereocenters. The maximum atomic E-state index is 6.26. The first-order valence-corrected chi connectivity index (χ1v) is 9.90. The molecule has 3 heterocycles. The van der Waals surface area contributed by atoms with Crippen molar-refractivity contribution in [2.24, 2.45) is 7.05 Å². The number of aromatic nitrogens is 3. The lowest BCUT2D eigenvalue weighted by Gasteiger charge is -2.25. The highest BCUT2D eigenvalue weighted by Gasteiger charge is 2.22. The van der Waals surface area contributed by atoms with E-state index >= 15 is 0 Å². The van der Waals surface area contributed by atoms with Gasteiger partial charge in [-0.1, -0.05) is 0 Å². The Kier molecular flexibility index (Phi) is 5.70. The molecule has 1 radical (unpaired) electrons. The fourth-order valence-electron chi connectivity index (χ4n) is 3.50. The van der Waals surface area contributed by atoms with Crippen molar-refractivity contribution in [2.45, 2.75) is 13.0 Å². The minimum atomic E-state index is -0.226. The van der Waals surface area contributed by atoms with E-state index in [-0.39, 0.29) is 6.10 Å². The van der Waals surface area contributed by atoms with Crippen LogP contribution in [-0.2, 0) is 7.05 Å². The summed E-state index contributed by atoms with van der Waals surface area (Å²) in [5.74, 6) is 2.85. The van der Waals surface area contributed by atoms with Gasteiger partial charge in [0.15, 0.2) is 11.5 Å². The van der Waals surface area contributed by atoms with Crippen LogP contribution in [0.3, 0.4) is 0 Å². The third-order valence-corrected chi connectivity index (χ3v) is 5.24. The number of ether oxygens (including phenoxy) is 3. The van der Waals surface area contributed by atoms with E-state index in [1.54, 1.807) is 26.6 Å². The lowest BCUT2D eigenvalue weighted by atomic mass is 10.1. The molecular weight excluding hydrogens is 394 g/mol. The first-order chi connectivity index (χ1) is 15.0. The molecule has 8 nitrogen and oxygen atoms in total. The SMILES string of the molecule is [CH2]c1cc(OC)c(OC(C)c2ccc(OC)nc2)cc1N1C=CN(c2ccnn2C)C1. The zero-order valence-electron chi connectivity index (χ0n) is 18.1. The van der Waals surface area contributed by atoms with Crippen molar-refractivity contribution in [1.29, 1.82) is 0 Å². The molecule has 1 aliphatic rings. The first-order valence-electron chi connectivity index (χ1n) is 9.90. The van der Waals surface area contributed by atoms with Crippen LogP contribution in [-0.4, -0.2) is 35.7 Å². The van der Waals surface area contributed by atoms with E-state index in [1.165, 1.54) is 0 Å². The van der Waals surface area contributed by atoms with Crippen LogP contribution in [0.15, 0.2) is 55.1 Å². The molecule has 0 amide bonds. The Hall–Kier alpha value is -3.68. The molecule has 0 N–H and O–H groups in total. The molecule has 1 atom stereocenters. The van der Waals surface area contributed by atoms with E-state index in [4.69, 9.17) is 14.2 Å². The van der Waals surface area contributed by atoms with Crippen LogP contribution in [0.5, 0.6) is 17.4 Å². The molecule has 2 aromatic heterocycles. The molecule has 4 rings (SSSR count). The van der Waals surface area contributed by atoms with Gasteiger partial charge < -0.3 is 24.0 Å². The van der Waals surface area contributed by atoms with Crippen LogP contribution >= 0.6 is 0 Å². The molecule has 0 saturated heterocycles. The second-order valence-corrected chi connectivity index (χ2v) is 7.22. The predicted molar refractivity (Wildman–Crippen MR) is 119 cm³/mol. The fourth-order valence-corrected chi connectivity index (χ4v) is 3.50. The Morgan fingerprint density at radius 2 is 1.84 bits per heavy atom. The molecule has 161 valence electrons. The van der Waals surface area contributed by atoms with Gasteiger partial charge in [-0.05, 0) is 31.5 Å². The molecule has 0 spiro atoms. The summed E-state index contributed by atoms with van der Waals surface area (Å²) in [6.07, 6.45) is 7.35. The quantitative estimate of drug-likeness (QED) is 0.574. The number of anilines is 2. The number of aryl methyl sites for hydroxylation is 1. The van der Waals surface area contributed by atoms with E-state index in [0.717, 1.165) is 22.6 Å². The second-order valence-electron chi connectivity index (χ2n) is 7.22. The Labute approximate surface area is 182 Å². The maximum absolute atomic E-state index is 6.26. The van der Waals surface area contributed by atoms with Gasteiger partial charge >= 0.3 is 0 Å². The number of rotatable bonds is 7. The van der Waals surface area contributed by atoms with Crippen LogP contribution in [0, 0.1) is 6.92 Å². The van der Waals surface area contributed by atoms with Crippen LogP contribution in [0.25, 0.3) is 0 Å². The molecule has 0 saturated carbocycles. The van der Waals surface area contributed by atoms with E-state index in [1.807, 2.05) is 61.4 Å². The van der Waals surface area contributed by atoms with E-state index in [9.17, 15) is 0 Å². The molecule has 31 heavy (non-hydrogen) atoms. The van der Waals surface area contributed by atoms with Gasteiger partial charge in [-0.15, -0.1) is 0 Å². The van der Waals surface area contributed by atoms with E-state index in [2.05, 4.69) is 26.8 Å². The summed E-state index contributed by atoms with van der Waals surface area (Å²) in [5.41, 5.74) is 2.72. The van der Waals surface area contributed by atoms with Gasteiger partial charge in [0.25, 0.3) is 0 Å². The zero-order valence-corrected chi connectivity index (χ0v) is 18.1. The molecule has 8 heteroatoms. The monoisotopic (exact) mass is 420 g/mol. The van der Waals surface area contributed by atoms with E-state index < -0.39 is 0 Å². The van der Waals surface area contributed by atoms with Crippen molar-refractivity contribution in [1.82, 2.24) is 14.8 Å². The number of benzene rings is 1. The van der Waals surface area contributed by atoms with E-state index in [0.29, 0.717) is 24.0 Å². The number of pyridine rings is 1. The van der Waals surface area contributed by atoms with Crippen LogP contribution < -0.4 is 24.0 Å². The first kappa shape index (κ1) is 20.6. The third kappa shape index (κ3) is 4.14. The van der Waals surface area contributed by atoms with Gasteiger partial charge in [0, 0.05) is 55.1 Å². The number of methoxy groups -OCH3 is 2. The summed E-state index contributed by atoms with van der Waals surface area (Å²) >= 11 is 0. The van der Waals surface area contributed by atoms with Gasteiger partial charge in [0.05, 0.1) is 20.4 Å². The van der Waals surface area contributed by atoms with Crippen molar-refractivity contribution in [3.8, 4) is 17.4 Å². The van der Waals surface area contributed by atoms with Crippen LogP contribution in [0.4, 0.5) is 11.5 Å². The largest absolute Gasteiger partial charge is 0.493 e. The summed E-state index contributed by atoms with van der Waals surface area (Å²) in [7, 11) is 5.14. The highest BCUT2D eigenvalue weighted by atomic mass is 16.5. The average Bonchev–Trinajstić information content (AvgIpc) is 3.43. The topological polar surface area (TPSA) is 64.9 Å². The zero-order chi connectivity index (χ0) is 22.0. The third-order valence-electron chi connectivity index (χ3n) is 5.24. The summed E-state index contributed by atoms with van der Waals surface area (Å²) in [6.45, 7) is 6.82. The smallest absolute Gasteiger partial charge is 0.212 e. The Bertz CT molecular complexity index is 1080. The molecule has 0 bridgehead atoms. The number of nitrogens with zero attached hydrogens (tertiary/aromatic N) is 5. The van der Waals surface area contributed by atoms with Gasteiger partial charge in [0.1, 0.15) is 18.6 Å². The van der Waals surface area contributed by atoms with Crippen molar-refractivity contribution in [3.63, 3.8) is 0 Å². The minimum Gasteiger partial charge on any atom is -0.493 e. The Balaban J connectivity index is 1.57. The molecular formula is C23H26N5O3. The summed E-state index contributed by atoms with van der Waals surface area (Å²) in [4.78, 5) is 8.49. The van der Waals surface area contributed by atoms with Crippen LogP contribution in [0.1, 0.15) is 24.2 Å². The van der Waals surface area contributed by atoms with Crippen molar-refractivity contribution in [3.05, 3.63) is 73.2 Å². The van der Waals surface area contributed by atoms with Crippen molar-refractivity contribution in [2.75, 3.05) is 30.7 Å². The highest BCUT2D eigenvalue weighted by molar-refractivity contribution is 5.67. The predicted octanol–water partition coefficient (Wildman–Crippen LogP) is 3.91. The molecule has 0 fully saturated rings. The molecule has 0 aliphatic carbocycles. The summed E-state index contributed by atoms with van der Waals surface area (Å²) in [6, 6.07) is 9.59. The maximum Gasteiger partial charge on any atom is 0.212 e. The lowest BCUT2D eigenvalue weighted by Crippen LogP contribution is -2.26. The van der Waals surface area contributed by atoms with Gasteiger partial charge in [-0.2, -0.15) is 5.10 Å². The van der Waals surface area contributed by atoms with Gasteiger partial charge in [-0.3, -0.25) is 4.68 Å². The van der Waals surface area contributed by atoms with Crippen molar-refractivity contribution >= 4 is 11.5 Å². The standard InChI is InChI=1S/C23H26N5O3/c1-16-12-20(29-4)21(31-17(2)18-6-7-22(30-5)24-14-18)13-19(16)27-10-11-28(15-27)23-8-9-25-26(23)3/h6-14,17H,1,15H2,2-5H3. The minimum absolute atomic E-state index is 0.226. The number of hydrogen-bond donors (Lipinski definition) is 0. The molecule has 1 aliphatic heterocycles. The average molecular weight is 420 g/mol. The fraction of sp³-hybridized carbons (Fsp3) is 0.261. The van der Waals surface area contributed by atoms with Crippen LogP contribution in [0.2, 0.25) is 0 Å². The molecule has 1 aromatic carbocycles. The Morgan fingerprint density at radius 1 is 1.03 bits per heavy atom. The van der Waals surface area contributed by atoms with Crippen molar-refractivity contribution < 1.29 is 14.2 Å². The lowest BCUT2D eigenvalue weighted by molar-refractivity contribution is 0.215. The summed E-state index contributed by atoms with van der Waals surface area (Å²) in [5, 5.41) is 4.25. The second kappa shape index (κ2) is 8.59. The normalized spacial score (nSPS) is 14.1.